The number of nitrogens with one attached hydrogen (secondary N) is 1. The maximum absolute atomic E-state index is 10.6. The van der Waals surface area contributed by atoms with Crippen LogP contribution in [-0.4, -0.2) is 11.0 Å². The van der Waals surface area contributed by atoms with E-state index < -0.39 is 4.92 Å². The molecule has 5 nitrogen and oxygen atoms in total. The molecule has 0 amide bonds. The van der Waals surface area contributed by atoms with Gasteiger partial charge in [-0.3, -0.25) is 10.1 Å². The van der Waals surface area contributed by atoms with Crippen LogP contribution in [0.4, 0.5) is 11.4 Å². The zero-order valence-electron chi connectivity index (χ0n) is 7.93. The van der Waals surface area contributed by atoms with Gasteiger partial charge in [0.2, 0.25) is 0 Å². The van der Waals surface area contributed by atoms with Gasteiger partial charge in [0.1, 0.15) is 11.6 Å². The summed E-state index contributed by atoms with van der Waals surface area (Å²) < 4.78 is 0. The van der Waals surface area contributed by atoms with E-state index in [-0.39, 0.29) is 11.3 Å². The summed E-state index contributed by atoms with van der Waals surface area (Å²) in [5.74, 6) is 0. The molecule has 1 fully saturated rings. The number of hydrogen-bond donors (Lipinski definition) is 1. The molecule has 1 saturated carbocycles. The highest BCUT2D eigenvalue weighted by Gasteiger charge is 2.22. The Balaban J connectivity index is 2.29. The zero-order valence-corrected chi connectivity index (χ0v) is 7.93. The predicted octanol–water partition coefficient (Wildman–Crippen LogP) is 2.04. The first-order chi connectivity index (χ1) is 7.20. The van der Waals surface area contributed by atoms with Crippen molar-refractivity contribution in [2.24, 2.45) is 0 Å². The van der Waals surface area contributed by atoms with Gasteiger partial charge in [-0.05, 0) is 25.0 Å². The first-order valence-electron chi connectivity index (χ1n) is 4.66. The molecule has 1 aliphatic carbocycles. The minimum atomic E-state index is -0.542. The van der Waals surface area contributed by atoms with E-state index in [2.05, 4.69) is 5.32 Å². The van der Waals surface area contributed by atoms with Gasteiger partial charge in [-0.15, -0.1) is 0 Å². The molecule has 2 rings (SSSR count). The van der Waals surface area contributed by atoms with Crippen molar-refractivity contribution in [1.29, 1.82) is 5.26 Å². The number of anilines is 1. The lowest BCUT2D eigenvalue weighted by atomic mass is 10.2. The molecule has 76 valence electrons. The molecule has 0 heterocycles. The first kappa shape index (κ1) is 9.46. The Morgan fingerprint density at radius 3 is 2.80 bits per heavy atom. The molecule has 0 unspecified atom stereocenters. The molecule has 1 aliphatic rings. The van der Waals surface area contributed by atoms with Crippen LogP contribution in [0.5, 0.6) is 0 Å². The van der Waals surface area contributed by atoms with Crippen LogP contribution in [0.25, 0.3) is 0 Å². The second-order valence-corrected chi connectivity index (χ2v) is 3.52. The van der Waals surface area contributed by atoms with Crippen LogP contribution in [0.15, 0.2) is 18.2 Å². The second kappa shape index (κ2) is 3.58. The van der Waals surface area contributed by atoms with Gasteiger partial charge >= 0.3 is 0 Å². The van der Waals surface area contributed by atoms with Gasteiger partial charge in [0.05, 0.1) is 4.92 Å². The third-order valence-corrected chi connectivity index (χ3v) is 2.26. The molecule has 15 heavy (non-hydrogen) atoms. The molecule has 0 atom stereocenters. The minimum absolute atomic E-state index is 0.102. The van der Waals surface area contributed by atoms with Gasteiger partial charge in [0.15, 0.2) is 0 Å². The van der Waals surface area contributed by atoms with E-state index >= 15 is 0 Å². The van der Waals surface area contributed by atoms with Crippen molar-refractivity contribution in [3.63, 3.8) is 0 Å². The molecule has 0 bridgehead atoms. The van der Waals surface area contributed by atoms with Gasteiger partial charge in [-0.1, -0.05) is 0 Å². The zero-order chi connectivity index (χ0) is 10.8. The topological polar surface area (TPSA) is 79.0 Å². The lowest BCUT2D eigenvalue weighted by Gasteiger charge is -2.04. The summed E-state index contributed by atoms with van der Waals surface area (Å²) in [5, 5.41) is 22.5. The third-order valence-electron chi connectivity index (χ3n) is 2.26. The van der Waals surface area contributed by atoms with Gasteiger partial charge in [0, 0.05) is 17.8 Å². The first-order valence-corrected chi connectivity index (χ1v) is 4.66. The van der Waals surface area contributed by atoms with Crippen LogP contribution >= 0.6 is 0 Å². The fourth-order valence-corrected chi connectivity index (χ4v) is 1.34. The highest BCUT2D eigenvalue weighted by atomic mass is 16.6. The monoisotopic (exact) mass is 203 g/mol. The largest absolute Gasteiger partial charge is 0.382 e. The summed E-state index contributed by atoms with van der Waals surface area (Å²) >= 11 is 0. The molecule has 0 aliphatic heterocycles. The highest BCUT2D eigenvalue weighted by Crippen LogP contribution is 2.27. The van der Waals surface area contributed by atoms with Crippen LogP contribution in [-0.2, 0) is 0 Å². The van der Waals surface area contributed by atoms with Crippen LogP contribution in [0.2, 0.25) is 0 Å². The lowest BCUT2D eigenvalue weighted by Crippen LogP contribution is -2.01. The molecule has 0 aromatic heterocycles. The third kappa shape index (κ3) is 2.05. The van der Waals surface area contributed by atoms with Crippen molar-refractivity contribution in [2.45, 2.75) is 18.9 Å². The Morgan fingerprint density at radius 2 is 2.27 bits per heavy atom. The van der Waals surface area contributed by atoms with Gasteiger partial charge in [-0.25, -0.2) is 0 Å². The van der Waals surface area contributed by atoms with Gasteiger partial charge in [0.25, 0.3) is 5.69 Å². The maximum atomic E-state index is 10.6. The van der Waals surface area contributed by atoms with Crippen molar-refractivity contribution in [2.75, 3.05) is 5.32 Å². The normalized spacial score (nSPS) is 14.3. The maximum Gasteiger partial charge on any atom is 0.287 e. The number of rotatable bonds is 3. The Labute approximate surface area is 86.5 Å². The van der Waals surface area contributed by atoms with E-state index in [4.69, 9.17) is 5.26 Å². The fraction of sp³-hybridized carbons (Fsp3) is 0.300. The molecule has 0 radical (unpaired) electrons. The van der Waals surface area contributed by atoms with Gasteiger partial charge < -0.3 is 5.32 Å². The Bertz CT molecular complexity index is 446. The fourth-order valence-electron chi connectivity index (χ4n) is 1.34. The summed E-state index contributed by atoms with van der Waals surface area (Å²) in [4.78, 5) is 10.0. The number of nitrogens with zero attached hydrogens (tertiary/aromatic N) is 2. The molecule has 0 spiro atoms. The SMILES string of the molecule is N#Cc1cc(NC2CC2)ccc1[N+](=O)[O-]. The molecule has 0 saturated heterocycles. The molecule has 1 aromatic rings. The summed E-state index contributed by atoms with van der Waals surface area (Å²) in [7, 11) is 0. The highest BCUT2D eigenvalue weighted by molar-refractivity contribution is 5.59. The van der Waals surface area contributed by atoms with E-state index in [1.54, 1.807) is 6.07 Å². The van der Waals surface area contributed by atoms with Crippen LogP contribution in [0.3, 0.4) is 0 Å². The van der Waals surface area contributed by atoms with E-state index in [9.17, 15) is 10.1 Å². The standard InChI is InChI=1S/C10H9N3O2/c11-6-7-5-9(12-8-1-2-8)3-4-10(7)13(14)15/h3-5,8,12H,1-2H2. The number of nitriles is 1. The van der Waals surface area contributed by atoms with E-state index in [1.807, 2.05) is 6.07 Å². The van der Waals surface area contributed by atoms with Crippen molar-refractivity contribution >= 4 is 11.4 Å². The molecule has 5 heteroatoms. The Kier molecular flexibility index (Phi) is 2.26. The van der Waals surface area contributed by atoms with Crippen LogP contribution < -0.4 is 5.32 Å². The van der Waals surface area contributed by atoms with E-state index in [0.29, 0.717) is 6.04 Å². The average Bonchev–Trinajstić information content (AvgIpc) is 3.01. The van der Waals surface area contributed by atoms with Crippen molar-refractivity contribution in [1.82, 2.24) is 0 Å². The Morgan fingerprint density at radius 1 is 1.53 bits per heavy atom. The van der Waals surface area contributed by atoms with E-state index in [0.717, 1.165) is 18.5 Å². The lowest BCUT2D eigenvalue weighted by molar-refractivity contribution is -0.385. The molecular weight excluding hydrogens is 194 g/mol. The summed E-state index contributed by atoms with van der Waals surface area (Å²) in [6.45, 7) is 0. The van der Waals surface area contributed by atoms with Crippen LogP contribution in [0, 0.1) is 21.4 Å². The molecule has 1 N–H and O–H groups in total. The number of nitro groups is 1. The Hall–Kier alpha value is -2.09. The van der Waals surface area contributed by atoms with Crippen molar-refractivity contribution in [3.05, 3.63) is 33.9 Å². The minimum Gasteiger partial charge on any atom is -0.382 e. The summed E-state index contributed by atoms with van der Waals surface area (Å²) in [5.41, 5.74) is 0.740. The van der Waals surface area contributed by atoms with Crippen molar-refractivity contribution < 1.29 is 4.92 Å². The molecule has 1 aromatic carbocycles. The smallest absolute Gasteiger partial charge is 0.287 e. The molecular formula is C10H9N3O2. The number of benzene rings is 1. The average molecular weight is 203 g/mol. The summed E-state index contributed by atoms with van der Waals surface area (Å²) in [6.07, 6.45) is 2.25. The van der Waals surface area contributed by atoms with Crippen molar-refractivity contribution in [3.8, 4) is 6.07 Å². The second-order valence-electron chi connectivity index (χ2n) is 3.52. The quantitative estimate of drug-likeness (QED) is 0.602. The summed E-state index contributed by atoms with van der Waals surface area (Å²) in [6, 6.07) is 6.82. The van der Waals surface area contributed by atoms with Gasteiger partial charge in [-0.2, -0.15) is 5.26 Å². The predicted molar refractivity (Wildman–Crippen MR) is 54.5 cm³/mol. The van der Waals surface area contributed by atoms with Crippen LogP contribution in [0.1, 0.15) is 18.4 Å². The number of nitro benzene ring substituents is 1. The number of hydrogen-bond acceptors (Lipinski definition) is 4. The van der Waals surface area contributed by atoms with E-state index in [1.165, 1.54) is 12.1 Å².